The molecule has 2 N–H and O–H groups in total. The van der Waals surface area contributed by atoms with E-state index >= 15 is 0 Å². The lowest BCUT2D eigenvalue weighted by Gasteiger charge is -1.99. The van der Waals surface area contributed by atoms with Gasteiger partial charge in [0.15, 0.2) is 5.69 Å². The van der Waals surface area contributed by atoms with Gasteiger partial charge in [-0.15, -0.1) is 11.3 Å². The maximum absolute atomic E-state index is 11.6. The van der Waals surface area contributed by atoms with Crippen LogP contribution in [0.25, 0.3) is 6.08 Å². The number of aromatic nitrogens is 1. The fraction of sp³-hybridized carbons (Fsp3) is 0.133. The second kappa shape index (κ2) is 7.35. The average Bonchev–Trinajstić information content (AvgIpc) is 2.95. The molecular formula is C15H14N2O3S. The Balaban J connectivity index is 1.76. The van der Waals surface area contributed by atoms with Gasteiger partial charge in [0.2, 0.25) is 5.91 Å². The Morgan fingerprint density at radius 2 is 2.05 bits per heavy atom. The van der Waals surface area contributed by atoms with E-state index in [1.807, 2.05) is 30.3 Å². The van der Waals surface area contributed by atoms with E-state index in [2.05, 4.69) is 10.3 Å². The zero-order chi connectivity index (χ0) is 15.1. The zero-order valence-electron chi connectivity index (χ0n) is 11.2. The van der Waals surface area contributed by atoms with Gasteiger partial charge in [0.25, 0.3) is 0 Å². The first-order valence-corrected chi connectivity index (χ1v) is 7.22. The molecular weight excluding hydrogens is 288 g/mol. The topological polar surface area (TPSA) is 79.3 Å². The van der Waals surface area contributed by atoms with E-state index < -0.39 is 5.97 Å². The second-order valence-electron chi connectivity index (χ2n) is 4.22. The number of hydrogen-bond acceptors (Lipinski definition) is 4. The predicted molar refractivity (Wildman–Crippen MR) is 81.3 cm³/mol. The quantitative estimate of drug-likeness (QED) is 0.802. The third-order valence-corrected chi connectivity index (χ3v) is 3.54. The van der Waals surface area contributed by atoms with Crippen molar-refractivity contribution < 1.29 is 14.7 Å². The molecule has 0 radical (unpaired) electrons. The van der Waals surface area contributed by atoms with Crippen molar-refractivity contribution in [2.45, 2.75) is 6.42 Å². The van der Waals surface area contributed by atoms with Gasteiger partial charge >= 0.3 is 5.97 Å². The van der Waals surface area contributed by atoms with Gasteiger partial charge in [0, 0.05) is 24.4 Å². The molecule has 2 aromatic rings. The number of carboxylic acid groups (broad SMARTS) is 1. The molecule has 2 rings (SSSR count). The molecule has 0 bridgehead atoms. The maximum atomic E-state index is 11.6. The van der Waals surface area contributed by atoms with Crippen LogP contribution >= 0.6 is 11.3 Å². The van der Waals surface area contributed by atoms with Crippen molar-refractivity contribution in [3.8, 4) is 0 Å². The lowest BCUT2D eigenvalue weighted by Crippen LogP contribution is -2.23. The number of carboxylic acids is 1. The van der Waals surface area contributed by atoms with Crippen LogP contribution in [-0.2, 0) is 11.2 Å². The lowest BCUT2D eigenvalue weighted by molar-refractivity contribution is -0.116. The molecule has 0 atom stereocenters. The Kier molecular flexibility index (Phi) is 5.22. The van der Waals surface area contributed by atoms with Crippen molar-refractivity contribution in [3.63, 3.8) is 0 Å². The van der Waals surface area contributed by atoms with E-state index in [0.29, 0.717) is 18.0 Å². The van der Waals surface area contributed by atoms with Crippen LogP contribution in [-0.4, -0.2) is 28.5 Å². The molecule has 0 spiro atoms. The van der Waals surface area contributed by atoms with Crippen molar-refractivity contribution >= 4 is 29.3 Å². The highest BCUT2D eigenvalue weighted by molar-refractivity contribution is 7.09. The van der Waals surface area contributed by atoms with Crippen molar-refractivity contribution in [1.29, 1.82) is 0 Å². The number of carbonyl (C=O) groups is 2. The van der Waals surface area contributed by atoms with Gasteiger partial charge in [-0.2, -0.15) is 0 Å². The number of rotatable bonds is 6. The first kappa shape index (κ1) is 14.9. The van der Waals surface area contributed by atoms with Crippen LogP contribution in [0, 0.1) is 0 Å². The standard InChI is InChI=1S/C15H14N2O3S/c18-13(7-6-11-4-2-1-3-5-11)16-9-8-14-17-12(10-21-14)15(19)20/h1-7,10H,8-9H2,(H,16,18)(H,19,20). The zero-order valence-corrected chi connectivity index (χ0v) is 12.0. The van der Waals surface area contributed by atoms with Gasteiger partial charge in [-0.05, 0) is 11.6 Å². The third-order valence-electron chi connectivity index (χ3n) is 2.64. The number of hydrogen-bond donors (Lipinski definition) is 2. The smallest absolute Gasteiger partial charge is 0.355 e. The number of aromatic carboxylic acids is 1. The largest absolute Gasteiger partial charge is 0.476 e. The maximum Gasteiger partial charge on any atom is 0.355 e. The Bertz CT molecular complexity index is 650. The Morgan fingerprint density at radius 1 is 1.29 bits per heavy atom. The van der Waals surface area contributed by atoms with E-state index in [1.165, 1.54) is 22.8 Å². The van der Waals surface area contributed by atoms with Crippen molar-refractivity contribution in [2.75, 3.05) is 6.54 Å². The molecule has 0 saturated heterocycles. The molecule has 5 nitrogen and oxygen atoms in total. The molecule has 1 aromatic carbocycles. The summed E-state index contributed by atoms with van der Waals surface area (Å²) < 4.78 is 0. The van der Waals surface area contributed by atoms with Gasteiger partial charge in [0.1, 0.15) is 0 Å². The molecule has 1 aromatic heterocycles. The second-order valence-corrected chi connectivity index (χ2v) is 5.16. The average molecular weight is 302 g/mol. The molecule has 108 valence electrons. The minimum atomic E-state index is -1.03. The molecule has 0 aliphatic heterocycles. The minimum absolute atomic E-state index is 0.0466. The van der Waals surface area contributed by atoms with Gasteiger partial charge in [-0.1, -0.05) is 30.3 Å². The van der Waals surface area contributed by atoms with E-state index in [1.54, 1.807) is 6.08 Å². The van der Waals surface area contributed by atoms with Crippen molar-refractivity contribution in [1.82, 2.24) is 10.3 Å². The fourth-order valence-corrected chi connectivity index (χ4v) is 2.38. The Hall–Kier alpha value is -2.47. The summed E-state index contributed by atoms with van der Waals surface area (Å²) in [6.45, 7) is 0.421. The molecule has 21 heavy (non-hydrogen) atoms. The van der Waals surface area contributed by atoms with E-state index in [9.17, 15) is 9.59 Å². The summed E-state index contributed by atoms with van der Waals surface area (Å²) in [4.78, 5) is 26.2. The van der Waals surface area contributed by atoms with Crippen molar-refractivity contribution in [3.05, 3.63) is 58.1 Å². The van der Waals surface area contributed by atoms with Gasteiger partial charge < -0.3 is 10.4 Å². The lowest BCUT2D eigenvalue weighted by atomic mass is 10.2. The van der Waals surface area contributed by atoms with Crippen LogP contribution in [0.4, 0.5) is 0 Å². The fourth-order valence-electron chi connectivity index (χ4n) is 1.61. The molecule has 6 heteroatoms. The molecule has 0 aliphatic rings. The van der Waals surface area contributed by atoms with Crippen LogP contribution in [0.15, 0.2) is 41.8 Å². The minimum Gasteiger partial charge on any atom is -0.476 e. The number of amides is 1. The van der Waals surface area contributed by atoms with Gasteiger partial charge in [0.05, 0.1) is 5.01 Å². The van der Waals surface area contributed by atoms with Gasteiger partial charge in [-0.3, -0.25) is 4.79 Å². The molecule has 1 amide bonds. The number of nitrogens with one attached hydrogen (secondary N) is 1. The van der Waals surface area contributed by atoms with E-state index in [0.717, 1.165) is 5.56 Å². The van der Waals surface area contributed by atoms with Gasteiger partial charge in [-0.25, -0.2) is 9.78 Å². The van der Waals surface area contributed by atoms with Crippen molar-refractivity contribution in [2.24, 2.45) is 0 Å². The van der Waals surface area contributed by atoms with Crippen LogP contribution < -0.4 is 5.32 Å². The van der Waals surface area contributed by atoms with Crippen LogP contribution in [0.2, 0.25) is 0 Å². The van der Waals surface area contributed by atoms with Crippen LogP contribution in [0.5, 0.6) is 0 Å². The highest BCUT2D eigenvalue weighted by Gasteiger charge is 2.08. The normalized spacial score (nSPS) is 10.7. The SMILES string of the molecule is O=C(C=Cc1ccccc1)NCCc1nc(C(=O)O)cs1. The molecule has 0 saturated carbocycles. The molecule has 0 unspecified atom stereocenters. The number of thiazole rings is 1. The first-order chi connectivity index (χ1) is 10.1. The summed E-state index contributed by atoms with van der Waals surface area (Å²) in [5, 5.41) is 13.7. The summed E-state index contributed by atoms with van der Waals surface area (Å²) in [6.07, 6.45) is 3.73. The highest BCUT2D eigenvalue weighted by atomic mass is 32.1. The number of nitrogens with zero attached hydrogens (tertiary/aromatic N) is 1. The van der Waals surface area contributed by atoms with Crippen LogP contribution in [0.1, 0.15) is 21.1 Å². The molecule has 0 aliphatic carbocycles. The summed E-state index contributed by atoms with van der Waals surface area (Å²) in [7, 11) is 0. The summed E-state index contributed by atoms with van der Waals surface area (Å²) in [5.74, 6) is -1.22. The highest BCUT2D eigenvalue weighted by Crippen LogP contribution is 2.09. The summed E-state index contributed by atoms with van der Waals surface area (Å²) >= 11 is 1.28. The van der Waals surface area contributed by atoms with Crippen LogP contribution in [0.3, 0.4) is 0 Å². The number of benzene rings is 1. The van der Waals surface area contributed by atoms with E-state index in [4.69, 9.17) is 5.11 Å². The monoisotopic (exact) mass is 302 g/mol. The predicted octanol–water partition coefficient (Wildman–Crippen LogP) is 2.21. The summed E-state index contributed by atoms with van der Waals surface area (Å²) in [6, 6.07) is 9.54. The van der Waals surface area contributed by atoms with E-state index in [-0.39, 0.29) is 11.6 Å². The third kappa shape index (κ3) is 4.85. The first-order valence-electron chi connectivity index (χ1n) is 6.34. The number of carbonyl (C=O) groups excluding carboxylic acids is 1. The Labute approximate surface area is 126 Å². The molecule has 1 heterocycles. The summed E-state index contributed by atoms with van der Waals surface area (Å²) in [5.41, 5.74) is 1.00. The molecule has 0 fully saturated rings. The Morgan fingerprint density at radius 3 is 2.71 bits per heavy atom.